The summed E-state index contributed by atoms with van der Waals surface area (Å²) in [6.45, 7) is 10.7. The Bertz CT molecular complexity index is 198. The minimum Gasteiger partial charge on any atom is -0.0996 e. The van der Waals surface area contributed by atoms with Crippen molar-refractivity contribution in [1.82, 2.24) is 0 Å². The van der Waals surface area contributed by atoms with Crippen LogP contribution in [0.3, 0.4) is 0 Å². The Morgan fingerprint density at radius 2 is 2.27 bits per heavy atom. The van der Waals surface area contributed by atoms with Gasteiger partial charge in [0.1, 0.15) is 0 Å². The van der Waals surface area contributed by atoms with Crippen LogP contribution in [0.25, 0.3) is 0 Å². The maximum atomic E-state index is 4.05. The summed E-state index contributed by atoms with van der Waals surface area (Å²) in [7, 11) is 0. The first-order valence-electron chi connectivity index (χ1n) is 4.36. The summed E-state index contributed by atoms with van der Waals surface area (Å²) in [6.07, 6.45) is 6.08. The summed E-state index contributed by atoms with van der Waals surface area (Å²) in [4.78, 5) is 0. The average molecular weight is 150 g/mol. The standard InChI is InChI=1S/C11H18/c1-9(2)11(4)7-5-10(3)6-8-11/h5H,1,6-8H2,2-4H3. The smallest absolute Gasteiger partial charge is 0.00842 e. The first kappa shape index (κ1) is 8.58. The molecule has 0 aromatic rings. The largest absolute Gasteiger partial charge is 0.0996 e. The lowest BCUT2D eigenvalue weighted by molar-refractivity contribution is 0.354. The molecular formula is C11H18. The topological polar surface area (TPSA) is 0 Å². The van der Waals surface area contributed by atoms with E-state index in [0.29, 0.717) is 5.41 Å². The third kappa shape index (κ3) is 1.74. The molecule has 0 nitrogen and oxygen atoms in total. The van der Waals surface area contributed by atoms with E-state index < -0.39 is 0 Å². The molecule has 0 amide bonds. The molecule has 1 unspecified atom stereocenters. The van der Waals surface area contributed by atoms with Crippen LogP contribution in [0.5, 0.6) is 0 Å². The molecule has 0 spiro atoms. The Morgan fingerprint density at radius 1 is 1.64 bits per heavy atom. The van der Waals surface area contributed by atoms with Gasteiger partial charge in [-0.05, 0) is 38.5 Å². The highest BCUT2D eigenvalue weighted by Crippen LogP contribution is 2.39. The minimum absolute atomic E-state index is 0.388. The molecule has 1 atom stereocenters. The fourth-order valence-corrected chi connectivity index (χ4v) is 1.46. The summed E-state index contributed by atoms with van der Waals surface area (Å²) in [5.74, 6) is 0. The van der Waals surface area contributed by atoms with Crippen molar-refractivity contribution in [1.29, 1.82) is 0 Å². The predicted molar refractivity (Wildman–Crippen MR) is 50.5 cm³/mol. The minimum atomic E-state index is 0.388. The van der Waals surface area contributed by atoms with Crippen molar-refractivity contribution >= 4 is 0 Å². The van der Waals surface area contributed by atoms with Crippen molar-refractivity contribution in [2.75, 3.05) is 0 Å². The number of hydrogen-bond acceptors (Lipinski definition) is 0. The Labute approximate surface area is 70.0 Å². The summed E-state index contributed by atoms with van der Waals surface area (Å²) < 4.78 is 0. The maximum Gasteiger partial charge on any atom is -0.00842 e. The molecule has 0 saturated carbocycles. The number of hydrogen-bond donors (Lipinski definition) is 0. The lowest BCUT2D eigenvalue weighted by atomic mass is 9.72. The van der Waals surface area contributed by atoms with Gasteiger partial charge in [0.25, 0.3) is 0 Å². The molecule has 0 fully saturated rings. The van der Waals surface area contributed by atoms with Gasteiger partial charge < -0.3 is 0 Å². The van der Waals surface area contributed by atoms with E-state index in [4.69, 9.17) is 0 Å². The van der Waals surface area contributed by atoms with E-state index in [2.05, 4.69) is 33.4 Å². The fourth-order valence-electron chi connectivity index (χ4n) is 1.46. The predicted octanol–water partition coefficient (Wildman–Crippen LogP) is 3.70. The van der Waals surface area contributed by atoms with Gasteiger partial charge in [0.15, 0.2) is 0 Å². The van der Waals surface area contributed by atoms with Crippen molar-refractivity contribution < 1.29 is 0 Å². The molecule has 0 heteroatoms. The zero-order valence-electron chi connectivity index (χ0n) is 7.91. The summed E-state index contributed by atoms with van der Waals surface area (Å²) >= 11 is 0. The van der Waals surface area contributed by atoms with E-state index in [1.165, 1.54) is 24.8 Å². The first-order chi connectivity index (χ1) is 5.04. The molecule has 0 aliphatic heterocycles. The van der Waals surface area contributed by atoms with Gasteiger partial charge in [-0.2, -0.15) is 0 Å². The molecule has 0 N–H and O–H groups in total. The molecule has 0 radical (unpaired) electrons. The quantitative estimate of drug-likeness (QED) is 0.500. The molecular weight excluding hydrogens is 132 g/mol. The highest BCUT2D eigenvalue weighted by molar-refractivity contribution is 5.15. The maximum absolute atomic E-state index is 4.05. The van der Waals surface area contributed by atoms with Crippen LogP contribution in [-0.2, 0) is 0 Å². The second-order valence-corrected chi connectivity index (χ2v) is 4.10. The molecule has 0 heterocycles. The Balaban J connectivity index is 2.71. The van der Waals surface area contributed by atoms with E-state index in [-0.39, 0.29) is 0 Å². The van der Waals surface area contributed by atoms with Crippen LogP contribution >= 0.6 is 0 Å². The van der Waals surface area contributed by atoms with Gasteiger partial charge in [0, 0.05) is 0 Å². The van der Waals surface area contributed by atoms with Crippen LogP contribution in [0.2, 0.25) is 0 Å². The molecule has 62 valence electrons. The zero-order chi connectivity index (χ0) is 8.48. The van der Waals surface area contributed by atoms with E-state index in [1.807, 2.05) is 0 Å². The summed E-state index contributed by atoms with van der Waals surface area (Å²) in [6, 6.07) is 0. The lowest BCUT2D eigenvalue weighted by Gasteiger charge is -2.32. The highest BCUT2D eigenvalue weighted by Gasteiger charge is 2.26. The van der Waals surface area contributed by atoms with Crippen molar-refractivity contribution in [2.45, 2.75) is 40.0 Å². The van der Waals surface area contributed by atoms with Crippen LogP contribution in [0.4, 0.5) is 0 Å². The summed E-state index contributed by atoms with van der Waals surface area (Å²) in [5.41, 5.74) is 3.27. The van der Waals surface area contributed by atoms with Crippen LogP contribution in [0.15, 0.2) is 23.8 Å². The van der Waals surface area contributed by atoms with Gasteiger partial charge in [0.2, 0.25) is 0 Å². The van der Waals surface area contributed by atoms with Gasteiger partial charge in [-0.1, -0.05) is 30.7 Å². The molecule has 1 aliphatic rings. The van der Waals surface area contributed by atoms with Crippen LogP contribution in [0.1, 0.15) is 40.0 Å². The molecule has 0 aromatic carbocycles. The molecule has 1 aliphatic carbocycles. The van der Waals surface area contributed by atoms with Crippen LogP contribution < -0.4 is 0 Å². The van der Waals surface area contributed by atoms with E-state index >= 15 is 0 Å². The van der Waals surface area contributed by atoms with Crippen molar-refractivity contribution in [3.8, 4) is 0 Å². The van der Waals surface area contributed by atoms with E-state index in [0.717, 1.165) is 0 Å². The molecule has 0 saturated heterocycles. The Hall–Kier alpha value is -0.520. The van der Waals surface area contributed by atoms with E-state index in [9.17, 15) is 0 Å². The van der Waals surface area contributed by atoms with Crippen LogP contribution in [0, 0.1) is 5.41 Å². The first-order valence-corrected chi connectivity index (χ1v) is 4.36. The van der Waals surface area contributed by atoms with Crippen LogP contribution in [-0.4, -0.2) is 0 Å². The number of rotatable bonds is 1. The number of allylic oxidation sites excluding steroid dienone is 3. The zero-order valence-corrected chi connectivity index (χ0v) is 7.91. The van der Waals surface area contributed by atoms with Gasteiger partial charge in [-0.3, -0.25) is 0 Å². The lowest BCUT2D eigenvalue weighted by Crippen LogP contribution is -2.19. The molecule has 0 bridgehead atoms. The van der Waals surface area contributed by atoms with Crippen molar-refractivity contribution in [2.24, 2.45) is 5.41 Å². The van der Waals surface area contributed by atoms with Gasteiger partial charge >= 0.3 is 0 Å². The second-order valence-electron chi connectivity index (χ2n) is 4.10. The molecule has 0 aromatic heterocycles. The molecule has 1 rings (SSSR count). The van der Waals surface area contributed by atoms with Crippen molar-refractivity contribution in [3.63, 3.8) is 0 Å². The average Bonchev–Trinajstić information content (AvgIpc) is 1.95. The normalized spacial score (nSPS) is 31.4. The monoisotopic (exact) mass is 150 g/mol. The fraction of sp³-hybridized carbons (Fsp3) is 0.636. The van der Waals surface area contributed by atoms with Crippen molar-refractivity contribution in [3.05, 3.63) is 23.8 Å². The molecule has 11 heavy (non-hydrogen) atoms. The van der Waals surface area contributed by atoms with Gasteiger partial charge in [-0.25, -0.2) is 0 Å². The van der Waals surface area contributed by atoms with Gasteiger partial charge in [-0.15, -0.1) is 0 Å². The van der Waals surface area contributed by atoms with Gasteiger partial charge in [0.05, 0.1) is 0 Å². The Morgan fingerprint density at radius 3 is 2.64 bits per heavy atom. The van der Waals surface area contributed by atoms with E-state index in [1.54, 1.807) is 5.57 Å². The third-order valence-electron chi connectivity index (χ3n) is 3.00. The SMILES string of the molecule is C=C(C)C1(C)CC=C(C)CC1. The third-order valence-corrected chi connectivity index (χ3v) is 3.00. The highest BCUT2D eigenvalue weighted by atomic mass is 14.3. The summed E-state index contributed by atoms with van der Waals surface area (Å²) in [5, 5.41) is 0. The second kappa shape index (κ2) is 2.84. The Kier molecular flexibility index (Phi) is 2.22.